The SMILES string of the molecule is Cc1ccc(S(=O)(=O)n2ccc3c(N(C)N4CCCC(CC(=O)NCC(F)(F)F)C4)ncnc32)cc1. The van der Waals surface area contributed by atoms with E-state index in [9.17, 15) is 26.4 Å². The maximum absolute atomic E-state index is 13.2. The van der Waals surface area contributed by atoms with E-state index < -0.39 is 28.7 Å². The molecule has 1 unspecified atom stereocenters. The fourth-order valence-electron chi connectivity index (χ4n) is 4.34. The van der Waals surface area contributed by atoms with Gasteiger partial charge in [-0.15, -0.1) is 0 Å². The van der Waals surface area contributed by atoms with Crippen LogP contribution >= 0.6 is 0 Å². The number of aromatic nitrogens is 3. The van der Waals surface area contributed by atoms with Gasteiger partial charge in [-0.3, -0.25) is 9.80 Å². The molecular formula is C23H27F3N6O3S. The number of fused-ring (bicyclic) bond motifs is 1. The van der Waals surface area contributed by atoms with Gasteiger partial charge in [0.25, 0.3) is 10.0 Å². The van der Waals surface area contributed by atoms with Crippen LogP contribution in [0, 0.1) is 12.8 Å². The summed E-state index contributed by atoms with van der Waals surface area (Å²) in [4.78, 5) is 20.7. The minimum atomic E-state index is -4.45. The lowest BCUT2D eigenvalue weighted by molar-refractivity contribution is -0.139. The van der Waals surface area contributed by atoms with Crippen molar-refractivity contribution < 1.29 is 26.4 Å². The molecule has 1 N–H and O–H groups in total. The molecule has 1 aliphatic heterocycles. The fraction of sp³-hybridized carbons (Fsp3) is 0.435. The van der Waals surface area contributed by atoms with Crippen LogP contribution in [-0.2, 0) is 14.8 Å². The van der Waals surface area contributed by atoms with Gasteiger partial charge in [-0.2, -0.15) is 13.2 Å². The number of alkyl halides is 3. The molecule has 36 heavy (non-hydrogen) atoms. The molecule has 13 heteroatoms. The average Bonchev–Trinajstić information content (AvgIpc) is 3.28. The highest BCUT2D eigenvalue weighted by Crippen LogP contribution is 2.29. The third-order valence-corrected chi connectivity index (χ3v) is 7.87. The van der Waals surface area contributed by atoms with Gasteiger partial charge in [0.05, 0.1) is 10.3 Å². The van der Waals surface area contributed by atoms with Crippen LogP contribution in [0.25, 0.3) is 11.0 Å². The highest BCUT2D eigenvalue weighted by atomic mass is 32.2. The number of hydrazine groups is 1. The molecule has 9 nitrogen and oxygen atoms in total. The number of nitrogens with zero attached hydrogens (tertiary/aromatic N) is 5. The van der Waals surface area contributed by atoms with E-state index in [0.717, 1.165) is 16.0 Å². The van der Waals surface area contributed by atoms with Gasteiger partial charge in [-0.25, -0.2) is 27.4 Å². The third-order valence-electron chi connectivity index (χ3n) is 6.19. The van der Waals surface area contributed by atoms with Crippen molar-refractivity contribution in [1.29, 1.82) is 0 Å². The maximum Gasteiger partial charge on any atom is 0.405 e. The van der Waals surface area contributed by atoms with Gasteiger partial charge in [0.15, 0.2) is 11.5 Å². The van der Waals surface area contributed by atoms with Gasteiger partial charge in [-0.05, 0) is 43.9 Å². The zero-order chi connectivity index (χ0) is 26.1. The molecule has 194 valence electrons. The van der Waals surface area contributed by atoms with Crippen LogP contribution in [0.3, 0.4) is 0 Å². The van der Waals surface area contributed by atoms with Gasteiger partial charge in [0, 0.05) is 32.8 Å². The Balaban J connectivity index is 1.53. The number of nitrogens with one attached hydrogen (secondary N) is 1. The molecule has 1 saturated heterocycles. The van der Waals surface area contributed by atoms with Crippen LogP contribution in [0.1, 0.15) is 24.8 Å². The van der Waals surface area contributed by atoms with Crippen molar-refractivity contribution in [3.63, 3.8) is 0 Å². The second-order valence-corrected chi connectivity index (χ2v) is 10.7. The minimum Gasteiger partial charge on any atom is -0.347 e. The summed E-state index contributed by atoms with van der Waals surface area (Å²) in [5.41, 5.74) is 1.17. The van der Waals surface area contributed by atoms with Crippen molar-refractivity contribution in [3.05, 3.63) is 48.4 Å². The van der Waals surface area contributed by atoms with Gasteiger partial charge < -0.3 is 5.32 Å². The molecular weight excluding hydrogens is 497 g/mol. The highest BCUT2D eigenvalue weighted by molar-refractivity contribution is 7.90. The lowest BCUT2D eigenvalue weighted by Gasteiger charge is -2.39. The van der Waals surface area contributed by atoms with E-state index in [-0.39, 0.29) is 22.9 Å². The molecule has 1 aliphatic rings. The van der Waals surface area contributed by atoms with E-state index in [2.05, 4.69) is 9.97 Å². The molecule has 4 rings (SSSR count). The maximum atomic E-state index is 13.2. The molecule has 2 aromatic heterocycles. The Bertz CT molecular complexity index is 1340. The number of aryl methyl sites for hydroxylation is 1. The van der Waals surface area contributed by atoms with E-state index in [0.29, 0.717) is 30.7 Å². The number of rotatable bonds is 7. The number of benzene rings is 1. The Morgan fingerprint density at radius 3 is 2.61 bits per heavy atom. The van der Waals surface area contributed by atoms with Crippen molar-refractivity contribution in [3.8, 4) is 0 Å². The van der Waals surface area contributed by atoms with Crippen molar-refractivity contribution in [1.82, 2.24) is 24.3 Å². The summed E-state index contributed by atoms with van der Waals surface area (Å²) < 4.78 is 64.7. The Hall–Kier alpha value is -3.19. The molecule has 0 saturated carbocycles. The monoisotopic (exact) mass is 524 g/mol. The molecule has 0 radical (unpaired) electrons. The predicted molar refractivity (Wildman–Crippen MR) is 128 cm³/mol. The summed E-state index contributed by atoms with van der Waals surface area (Å²) in [7, 11) is -2.10. The smallest absolute Gasteiger partial charge is 0.347 e. The molecule has 1 aromatic carbocycles. The Kier molecular flexibility index (Phi) is 7.23. The van der Waals surface area contributed by atoms with Crippen LogP contribution < -0.4 is 10.3 Å². The quantitative estimate of drug-likeness (QED) is 0.507. The Morgan fingerprint density at radius 2 is 1.92 bits per heavy atom. The molecule has 1 amide bonds. The largest absolute Gasteiger partial charge is 0.405 e. The first-order valence-corrected chi connectivity index (χ1v) is 12.9. The summed E-state index contributed by atoms with van der Waals surface area (Å²) in [5, 5.41) is 6.20. The molecule has 1 fully saturated rings. The molecule has 0 bridgehead atoms. The molecule has 1 atom stereocenters. The number of amides is 1. The van der Waals surface area contributed by atoms with E-state index in [1.165, 1.54) is 12.5 Å². The van der Waals surface area contributed by atoms with Crippen LogP contribution in [-0.4, -0.2) is 66.1 Å². The standard InChI is InChI=1S/C23H27F3N6O3S/c1-16-5-7-18(8-6-16)36(34,35)32-11-9-19-21(28-15-29-22(19)32)30(2)31-10-3-4-17(13-31)12-20(33)27-14-23(24,25)26/h5-9,11,15,17H,3-4,10,12-14H2,1-2H3,(H,27,33). The summed E-state index contributed by atoms with van der Waals surface area (Å²) in [6, 6.07) is 8.18. The zero-order valence-electron chi connectivity index (χ0n) is 19.9. The minimum absolute atomic E-state index is 0.00915. The number of piperidine rings is 1. The first kappa shape index (κ1) is 25.9. The van der Waals surface area contributed by atoms with E-state index >= 15 is 0 Å². The van der Waals surface area contributed by atoms with Crippen molar-refractivity contribution in [2.75, 3.05) is 31.7 Å². The average molecular weight is 525 g/mol. The third kappa shape index (κ3) is 5.62. The van der Waals surface area contributed by atoms with Gasteiger partial charge >= 0.3 is 6.18 Å². The Labute approximate surface area is 206 Å². The predicted octanol–water partition coefficient (Wildman–Crippen LogP) is 3.11. The molecule has 0 spiro atoms. The van der Waals surface area contributed by atoms with Crippen LogP contribution in [0.2, 0.25) is 0 Å². The normalized spacial score (nSPS) is 17.3. The van der Waals surface area contributed by atoms with E-state index in [4.69, 9.17) is 0 Å². The molecule has 3 heterocycles. The van der Waals surface area contributed by atoms with E-state index in [1.807, 2.05) is 17.2 Å². The second kappa shape index (κ2) is 10.1. The number of carbonyl (C=O) groups is 1. The summed E-state index contributed by atoms with van der Waals surface area (Å²) >= 11 is 0. The van der Waals surface area contributed by atoms with Crippen molar-refractivity contribution >= 4 is 32.8 Å². The topological polar surface area (TPSA) is 100 Å². The van der Waals surface area contributed by atoms with Gasteiger partial charge in [-0.1, -0.05) is 17.7 Å². The number of halogens is 3. The zero-order valence-corrected chi connectivity index (χ0v) is 20.7. The van der Waals surface area contributed by atoms with Crippen LogP contribution in [0.4, 0.5) is 19.0 Å². The number of hydrogen-bond acceptors (Lipinski definition) is 7. The first-order valence-electron chi connectivity index (χ1n) is 11.4. The molecule has 3 aromatic rings. The lowest BCUT2D eigenvalue weighted by atomic mass is 9.95. The highest BCUT2D eigenvalue weighted by Gasteiger charge is 2.30. The summed E-state index contributed by atoms with van der Waals surface area (Å²) in [6.07, 6.45) is -0.259. The second-order valence-electron chi connectivity index (χ2n) is 8.90. The number of anilines is 1. The summed E-state index contributed by atoms with van der Waals surface area (Å²) in [6.45, 7) is 1.63. The number of hydrogen-bond donors (Lipinski definition) is 1. The lowest BCUT2D eigenvalue weighted by Crippen LogP contribution is -2.47. The van der Waals surface area contributed by atoms with Crippen molar-refractivity contribution in [2.45, 2.75) is 37.3 Å². The molecule has 0 aliphatic carbocycles. The van der Waals surface area contributed by atoms with Crippen LogP contribution in [0.5, 0.6) is 0 Å². The first-order chi connectivity index (χ1) is 17.0. The van der Waals surface area contributed by atoms with Crippen molar-refractivity contribution in [2.24, 2.45) is 5.92 Å². The number of carbonyl (C=O) groups excluding carboxylic acids is 1. The van der Waals surface area contributed by atoms with Gasteiger partial charge in [0.1, 0.15) is 12.9 Å². The van der Waals surface area contributed by atoms with Crippen LogP contribution in [0.15, 0.2) is 47.8 Å². The Morgan fingerprint density at radius 1 is 1.19 bits per heavy atom. The summed E-state index contributed by atoms with van der Waals surface area (Å²) in [5.74, 6) is -0.275. The van der Waals surface area contributed by atoms with Gasteiger partial charge in [0.2, 0.25) is 5.91 Å². The van der Waals surface area contributed by atoms with E-state index in [1.54, 1.807) is 42.4 Å². The fourth-order valence-corrected chi connectivity index (χ4v) is 5.64.